The number of furan rings is 1. The molecule has 214 valence electrons. The Bertz CT molecular complexity index is 1530. The number of aliphatic imine (C=N–C) groups is 1. The minimum Gasteiger partial charge on any atom is -0.441 e. The standard InChI is InChI=1S/C33H32N4O4S/c1-5-7-18-25(6-2)37-32(40)27(21-26-19-20-29(41-26)36(3)4)31(39)35-33(37)42-22-28(38)34-30(23-14-10-8-11-15-23)24-16-12-9-13-17-24/h5-21,30H,1,22H2,2-4H3,(H,34,38)/b18-7-,25-6+,27-21+. The fourth-order valence-corrected chi connectivity index (χ4v) is 5.00. The number of amides is 3. The first-order chi connectivity index (χ1) is 20.3. The van der Waals surface area contributed by atoms with E-state index in [9.17, 15) is 14.4 Å². The van der Waals surface area contributed by atoms with E-state index < -0.39 is 11.8 Å². The summed E-state index contributed by atoms with van der Waals surface area (Å²) in [4.78, 5) is 47.4. The van der Waals surface area contributed by atoms with Crippen LogP contribution in [0.5, 0.6) is 0 Å². The zero-order valence-electron chi connectivity index (χ0n) is 23.7. The Morgan fingerprint density at radius 2 is 1.69 bits per heavy atom. The molecule has 4 rings (SSSR count). The Labute approximate surface area is 249 Å². The summed E-state index contributed by atoms with van der Waals surface area (Å²) in [6, 6.07) is 22.4. The van der Waals surface area contributed by atoms with Crippen molar-refractivity contribution in [2.45, 2.75) is 13.0 Å². The summed E-state index contributed by atoms with van der Waals surface area (Å²) in [5.74, 6) is -0.717. The molecule has 2 aromatic carbocycles. The molecule has 0 unspecified atom stereocenters. The average molecular weight is 581 g/mol. The number of carbonyl (C=O) groups is 3. The van der Waals surface area contributed by atoms with Crippen LogP contribution >= 0.6 is 11.8 Å². The molecule has 1 N–H and O–H groups in total. The fraction of sp³-hybridized carbons (Fsp3) is 0.152. The number of rotatable bonds is 10. The molecule has 1 aliphatic heterocycles. The van der Waals surface area contributed by atoms with Gasteiger partial charge in [-0.25, -0.2) is 0 Å². The van der Waals surface area contributed by atoms with E-state index >= 15 is 0 Å². The van der Waals surface area contributed by atoms with Crippen molar-refractivity contribution in [3.8, 4) is 0 Å². The Kier molecular flexibility index (Phi) is 10.1. The SMILES string of the molecule is C=C/C=C\C(=C/C)N1C(=O)/C(=C/c2ccc(N(C)C)o2)C(=O)N=C1SCC(=O)NC(c1ccccc1)c1ccccc1. The van der Waals surface area contributed by atoms with Crippen LogP contribution in [0.2, 0.25) is 0 Å². The van der Waals surface area contributed by atoms with Crippen molar-refractivity contribution in [1.29, 1.82) is 0 Å². The number of amidine groups is 1. The Morgan fingerprint density at radius 1 is 1.05 bits per heavy atom. The summed E-state index contributed by atoms with van der Waals surface area (Å²) < 4.78 is 5.73. The minimum absolute atomic E-state index is 0.0718. The van der Waals surface area contributed by atoms with E-state index in [1.54, 1.807) is 48.3 Å². The van der Waals surface area contributed by atoms with Gasteiger partial charge >= 0.3 is 0 Å². The molecule has 0 bridgehead atoms. The molecule has 0 fully saturated rings. The molecule has 8 nitrogen and oxygen atoms in total. The largest absolute Gasteiger partial charge is 0.441 e. The molecular formula is C33H32N4O4S. The highest BCUT2D eigenvalue weighted by atomic mass is 32.2. The van der Waals surface area contributed by atoms with E-state index in [2.05, 4.69) is 16.9 Å². The Balaban J connectivity index is 1.60. The summed E-state index contributed by atoms with van der Waals surface area (Å²) in [6.07, 6.45) is 8.05. The first-order valence-electron chi connectivity index (χ1n) is 13.3. The van der Waals surface area contributed by atoms with Crippen molar-refractivity contribution in [3.63, 3.8) is 0 Å². The second kappa shape index (κ2) is 14.1. The van der Waals surface area contributed by atoms with Gasteiger partial charge in [-0.1, -0.05) is 97.2 Å². The molecule has 0 saturated carbocycles. The highest BCUT2D eigenvalue weighted by molar-refractivity contribution is 8.14. The van der Waals surface area contributed by atoms with Crippen LogP contribution < -0.4 is 10.2 Å². The third-order valence-electron chi connectivity index (χ3n) is 6.25. The van der Waals surface area contributed by atoms with Crippen molar-refractivity contribution in [1.82, 2.24) is 10.2 Å². The van der Waals surface area contributed by atoms with Gasteiger partial charge in [0.2, 0.25) is 5.91 Å². The van der Waals surface area contributed by atoms with Crippen LogP contribution in [0.15, 0.2) is 124 Å². The molecule has 1 aliphatic rings. The molecule has 2 heterocycles. The van der Waals surface area contributed by atoms with Gasteiger partial charge < -0.3 is 14.6 Å². The second-order valence-corrected chi connectivity index (χ2v) is 10.3. The number of hydrogen-bond acceptors (Lipinski definition) is 6. The lowest BCUT2D eigenvalue weighted by Crippen LogP contribution is -2.42. The summed E-state index contributed by atoms with van der Waals surface area (Å²) >= 11 is 1.01. The first-order valence-corrected chi connectivity index (χ1v) is 14.2. The zero-order chi connectivity index (χ0) is 30.1. The van der Waals surface area contributed by atoms with E-state index in [0.29, 0.717) is 17.3 Å². The molecule has 42 heavy (non-hydrogen) atoms. The Morgan fingerprint density at radius 3 is 2.24 bits per heavy atom. The maximum Gasteiger partial charge on any atom is 0.285 e. The minimum atomic E-state index is -0.712. The topological polar surface area (TPSA) is 95.2 Å². The van der Waals surface area contributed by atoms with Gasteiger partial charge in [0.05, 0.1) is 11.8 Å². The lowest BCUT2D eigenvalue weighted by Gasteiger charge is -2.28. The van der Waals surface area contributed by atoms with Crippen LogP contribution in [0.1, 0.15) is 29.9 Å². The fourth-order valence-electron chi connectivity index (χ4n) is 4.20. The van der Waals surface area contributed by atoms with Gasteiger partial charge in [-0.05, 0) is 36.3 Å². The highest BCUT2D eigenvalue weighted by Crippen LogP contribution is 2.28. The number of carbonyl (C=O) groups excluding carboxylic acids is 3. The quantitative estimate of drug-likeness (QED) is 0.187. The van der Waals surface area contributed by atoms with E-state index in [0.717, 1.165) is 22.9 Å². The smallest absolute Gasteiger partial charge is 0.285 e. The van der Waals surface area contributed by atoms with Gasteiger partial charge in [0, 0.05) is 25.9 Å². The predicted molar refractivity (Wildman–Crippen MR) is 169 cm³/mol. The first kappa shape index (κ1) is 30.1. The van der Waals surface area contributed by atoms with E-state index in [-0.39, 0.29) is 28.4 Å². The second-order valence-electron chi connectivity index (χ2n) is 9.39. The summed E-state index contributed by atoms with van der Waals surface area (Å²) in [7, 11) is 3.65. The van der Waals surface area contributed by atoms with Crippen LogP contribution in [0.25, 0.3) is 6.08 Å². The monoisotopic (exact) mass is 580 g/mol. The third kappa shape index (κ3) is 7.24. The molecule has 0 atom stereocenters. The number of thioether (sulfide) groups is 1. The molecule has 3 aromatic rings. The van der Waals surface area contributed by atoms with Gasteiger partial charge in [-0.15, -0.1) is 0 Å². The van der Waals surface area contributed by atoms with Gasteiger partial charge in [0.25, 0.3) is 11.8 Å². The van der Waals surface area contributed by atoms with Gasteiger partial charge in [0.1, 0.15) is 11.3 Å². The number of anilines is 1. The van der Waals surface area contributed by atoms with E-state index in [4.69, 9.17) is 4.42 Å². The zero-order valence-corrected chi connectivity index (χ0v) is 24.5. The summed E-state index contributed by atoms with van der Waals surface area (Å²) in [5, 5.41) is 3.18. The number of allylic oxidation sites excluding steroid dienone is 4. The van der Waals surface area contributed by atoms with Crippen LogP contribution in [-0.4, -0.2) is 47.6 Å². The third-order valence-corrected chi connectivity index (χ3v) is 7.19. The van der Waals surface area contributed by atoms with E-state index in [1.807, 2.05) is 74.8 Å². The van der Waals surface area contributed by atoms with Crippen molar-refractivity contribution in [2.75, 3.05) is 24.7 Å². The molecule has 0 radical (unpaired) electrons. The van der Waals surface area contributed by atoms with Gasteiger partial charge in [-0.3, -0.25) is 19.3 Å². The Hall–Kier alpha value is -4.89. The number of hydrogen-bond donors (Lipinski definition) is 1. The molecule has 9 heteroatoms. The lowest BCUT2D eigenvalue weighted by molar-refractivity contribution is -0.126. The van der Waals surface area contributed by atoms with Crippen LogP contribution in [0.4, 0.5) is 5.88 Å². The van der Waals surface area contributed by atoms with Crippen LogP contribution in [-0.2, 0) is 14.4 Å². The predicted octanol–water partition coefficient (Wildman–Crippen LogP) is 5.74. The van der Waals surface area contributed by atoms with E-state index in [1.165, 1.54) is 11.0 Å². The lowest BCUT2D eigenvalue weighted by atomic mass is 9.99. The maximum atomic E-state index is 13.7. The number of nitrogens with zero attached hydrogens (tertiary/aromatic N) is 3. The summed E-state index contributed by atoms with van der Waals surface area (Å²) in [6.45, 7) is 5.47. The van der Waals surface area contributed by atoms with Crippen LogP contribution in [0, 0.1) is 0 Å². The number of benzene rings is 2. The molecule has 0 aliphatic carbocycles. The van der Waals surface area contributed by atoms with Crippen LogP contribution in [0.3, 0.4) is 0 Å². The van der Waals surface area contributed by atoms with Crippen molar-refractivity contribution in [2.24, 2.45) is 4.99 Å². The van der Waals surface area contributed by atoms with Crippen molar-refractivity contribution >= 4 is 46.6 Å². The molecule has 0 saturated heterocycles. The number of nitrogens with one attached hydrogen (secondary N) is 1. The molecule has 1 aromatic heterocycles. The van der Waals surface area contributed by atoms with Crippen molar-refractivity contribution in [3.05, 3.63) is 132 Å². The van der Waals surface area contributed by atoms with Gasteiger partial charge in [0.15, 0.2) is 11.1 Å². The maximum absolute atomic E-state index is 13.7. The van der Waals surface area contributed by atoms with Gasteiger partial charge in [-0.2, -0.15) is 4.99 Å². The normalized spacial score (nSPS) is 15.0. The molecular weight excluding hydrogens is 548 g/mol. The molecule has 3 amide bonds. The average Bonchev–Trinajstić information content (AvgIpc) is 3.48. The summed E-state index contributed by atoms with van der Waals surface area (Å²) in [5.41, 5.74) is 2.19. The highest BCUT2D eigenvalue weighted by Gasteiger charge is 2.35. The molecule has 0 spiro atoms. The van der Waals surface area contributed by atoms with Crippen molar-refractivity contribution < 1.29 is 18.8 Å².